The number of hydrogen-bond donors (Lipinski definition) is 1. The van der Waals surface area contributed by atoms with Gasteiger partial charge in [0.2, 0.25) is 5.88 Å². The van der Waals surface area contributed by atoms with Crippen LogP contribution < -0.4 is 10.1 Å². The first-order valence-corrected chi connectivity index (χ1v) is 7.05. The van der Waals surface area contributed by atoms with Crippen LogP contribution in [0.1, 0.15) is 24.1 Å². The normalized spacial score (nSPS) is 14.6. The molecule has 1 aliphatic rings. The molecule has 0 unspecified atom stereocenters. The quantitative estimate of drug-likeness (QED) is 0.921. The molecule has 0 amide bonds. The Balaban J connectivity index is 1.83. The molecule has 1 saturated carbocycles. The van der Waals surface area contributed by atoms with Gasteiger partial charge in [-0.1, -0.05) is 11.6 Å². The van der Waals surface area contributed by atoms with Crippen LogP contribution in [-0.4, -0.2) is 20.8 Å². The van der Waals surface area contributed by atoms with Crippen LogP contribution in [0.3, 0.4) is 0 Å². The van der Waals surface area contributed by atoms with Gasteiger partial charge in [0.25, 0.3) is 0 Å². The summed E-state index contributed by atoms with van der Waals surface area (Å²) in [5.74, 6) is 1.35. The van der Waals surface area contributed by atoms with Crippen molar-refractivity contribution in [2.75, 3.05) is 0 Å². The highest BCUT2D eigenvalue weighted by Crippen LogP contribution is 2.29. The summed E-state index contributed by atoms with van der Waals surface area (Å²) in [6, 6.07) is 2.39. The van der Waals surface area contributed by atoms with Gasteiger partial charge in [0.1, 0.15) is 5.75 Å². The number of aromatic nitrogens is 3. The summed E-state index contributed by atoms with van der Waals surface area (Å²) in [5.41, 5.74) is 2.06. The van der Waals surface area contributed by atoms with Crippen molar-refractivity contribution in [3.63, 3.8) is 0 Å². The number of nitrogens with zero attached hydrogens (tertiary/aromatic N) is 3. The smallest absolute Gasteiger partial charge is 0.222 e. The Bertz CT molecular complexity index is 622. The molecular weight excluding hydrogens is 276 g/mol. The van der Waals surface area contributed by atoms with Crippen LogP contribution in [0.5, 0.6) is 11.6 Å². The molecule has 0 radical (unpaired) electrons. The van der Waals surface area contributed by atoms with Crippen LogP contribution in [0.2, 0.25) is 5.02 Å². The van der Waals surface area contributed by atoms with E-state index in [2.05, 4.69) is 15.4 Å². The second kappa shape index (κ2) is 5.42. The number of pyridine rings is 1. The monoisotopic (exact) mass is 292 g/mol. The van der Waals surface area contributed by atoms with Gasteiger partial charge in [-0.05, 0) is 19.8 Å². The summed E-state index contributed by atoms with van der Waals surface area (Å²) in [4.78, 5) is 4.03. The molecule has 2 heterocycles. The molecule has 3 rings (SSSR count). The summed E-state index contributed by atoms with van der Waals surface area (Å²) in [6.07, 6.45) is 5.74. The highest BCUT2D eigenvalue weighted by atomic mass is 35.5. The number of hydrogen-bond acceptors (Lipinski definition) is 4. The molecule has 0 atom stereocenters. The maximum absolute atomic E-state index is 5.93. The average Bonchev–Trinajstić information content (AvgIpc) is 3.17. The molecule has 5 nitrogen and oxygen atoms in total. The van der Waals surface area contributed by atoms with E-state index in [0.717, 1.165) is 23.7 Å². The summed E-state index contributed by atoms with van der Waals surface area (Å²) in [7, 11) is 1.88. The predicted octanol–water partition coefficient (Wildman–Crippen LogP) is 2.82. The Hall–Kier alpha value is -1.59. The number of rotatable bonds is 5. The zero-order valence-corrected chi connectivity index (χ0v) is 12.3. The van der Waals surface area contributed by atoms with Crippen molar-refractivity contribution < 1.29 is 4.74 Å². The van der Waals surface area contributed by atoms with E-state index in [4.69, 9.17) is 16.3 Å². The SMILES string of the molecule is Cc1nn(C)c(Oc2cncc(Cl)c2)c1CNC1CC1. The lowest BCUT2D eigenvalue weighted by Crippen LogP contribution is -2.16. The minimum atomic E-state index is 0.555. The van der Waals surface area contributed by atoms with Crippen molar-refractivity contribution in [3.05, 3.63) is 34.7 Å². The van der Waals surface area contributed by atoms with Crippen molar-refractivity contribution in [2.45, 2.75) is 32.4 Å². The number of ether oxygens (including phenoxy) is 1. The second-order valence-electron chi connectivity index (χ2n) is 5.09. The highest BCUT2D eigenvalue weighted by Gasteiger charge is 2.23. The topological polar surface area (TPSA) is 52.0 Å². The Morgan fingerprint density at radius 1 is 1.45 bits per heavy atom. The lowest BCUT2D eigenvalue weighted by molar-refractivity contribution is 0.422. The Morgan fingerprint density at radius 3 is 2.95 bits per heavy atom. The van der Waals surface area contributed by atoms with Crippen molar-refractivity contribution in [2.24, 2.45) is 7.05 Å². The largest absolute Gasteiger partial charge is 0.437 e. The van der Waals surface area contributed by atoms with Crippen LogP contribution in [0, 0.1) is 6.92 Å². The molecule has 106 valence electrons. The van der Waals surface area contributed by atoms with Crippen molar-refractivity contribution in [1.82, 2.24) is 20.1 Å². The first-order valence-electron chi connectivity index (χ1n) is 6.68. The number of aryl methyl sites for hydroxylation is 2. The molecule has 1 N–H and O–H groups in total. The molecule has 2 aromatic heterocycles. The van der Waals surface area contributed by atoms with Crippen molar-refractivity contribution in [1.29, 1.82) is 0 Å². The van der Waals surface area contributed by atoms with E-state index in [1.54, 1.807) is 23.1 Å². The number of nitrogens with one attached hydrogen (secondary N) is 1. The maximum atomic E-state index is 5.93. The van der Waals surface area contributed by atoms with Gasteiger partial charge in [0, 0.05) is 31.9 Å². The molecule has 0 aliphatic heterocycles. The third-order valence-corrected chi connectivity index (χ3v) is 3.53. The van der Waals surface area contributed by atoms with Crippen LogP contribution in [0.25, 0.3) is 0 Å². The van der Waals surface area contributed by atoms with Crippen LogP contribution in [0.4, 0.5) is 0 Å². The van der Waals surface area contributed by atoms with Gasteiger partial charge >= 0.3 is 0 Å². The molecule has 0 bridgehead atoms. The summed E-state index contributed by atoms with van der Waals surface area (Å²) in [5, 5.41) is 8.47. The third kappa shape index (κ3) is 2.94. The highest BCUT2D eigenvalue weighted by molar-refractivity contribution is 6.30. The minimum absolute atomic E-state index is 0.555. The lowest BCUT2D eigenvalue weighted by Gasteiger charge is -2.09. The Labute approximate surface area is 122 Å². The molecule has 2 aromatic rings. The van der Waals surface area contributed by atoms with Gasteiger partial charge in [-0.3, -0.25) is 4.98 Å². The van der Waals surface area contributed by atoms with E-state index >= 15 is 0 Å². The summed E-state index contributed by atoms with van der Waals surface area (Å²) >= 11 is 5.93. The van der Waals surface area contributed by atoms with Crippen molar-refractivity contribution >= 4 is 11.6 Å². The molecule has 0 saturated heterocycles. The van der Waals surface area contributed by atoms with E-state index in [-0.39, 0.29) is 0 Å². The zero-order chi connectivity index (χ0) is 14.1. The fourth-order valence-corrected chi connectivity index (χ4v) is 2.27. The van der Waals surface area contributed by atoms with Gasteiger partial charge in [0.05, 0.1) is 22.5 Å². The molecule has 0 aromatic carbocycles. The van der Waals surface area contributed by atoms with Gasteiger partial charge < -0.3 is 10.1 Å². The molecule has 0 spiro atoms. The van der Waals surface area contributed by atoms with Gasteiger partial charge in [-0.2, -0.15) is 5.10 Å². The third-order valence-electron chi connectivity index (χ3n) is 3.33. The van der Waals surface area contributed by atoms with Gasteiger partial charge in [0.15, 0.2) is 0 Å². The van der Waals surface area contributed by atoms with E-state index in [1.165, 1.54) is 12.8 Å². The fraction of sp³-hybridized carbons (Fsp3) is 0.429. The molecule has 1 aliphatic carbocycles. The molecular formula is C14H17ClN4O. The molecule has 20 heavy (non-hydrogen) atoms. The van der Waals surface area contributed by atoms with Crippen LogP contribution in [-0.2, 0) is 13.6 Å². The van der Waals surface area contributed by atoms with E-state index in [0.29, 0.717) is 16.8 Å². The first-order chi connectivity index (χ1) is 9.63. The summed E-state index contributed by atoms with van der Waals surface area (Å²) < 4.78 is 7.66. The maximum Gasteiger partial charge on any atom is 0.222 e. The fourth-order valence-electron chi connectivity index (χ4n) is 2.11. The van der Waals surface area contributed by atoms with Gasteiger partial charge in [-0.15, -0.1) is 0 Å². The lowest BCUT2D eigenvalue weighted by atomic mass is 10.2. The molecule has 1 fully saturated rings. The van der Waals surface area contributed by atoms with Crippen molar-refractivity contribution in [3.8, 4) is 11.6 Å². The second-order valence-corrected chi connectivity index (χ2v) is 5.53. The van der Waals surface area contributed by atoms with E-state index in [1.807, 2.05) is 14.0 Å². The zero-order valence-electron chi connectivity index (χ0n) is 11.6. The summed E-state index contributed by atoms with van der Waals surface area (Å²) in [6.45, 7) is 2.76. The average molecular weight is 293 g/mol. The minimum Gasteiger partial charge on any atom is -0.437 e. The van der Waals surface area contributed by atoms with Gasteiger partial charge in [-0.25, -0.2) is 4.68 Å². The number of halogens is 1. The predicted molar refractivity (Wildman–Crippen MR) is 77.1 cm³/mol. The Kier molecular flexibility index (Phi) is 3.63. The van der Waals surface area contributed by atoms with E-state index in [9.17, 15) is 0 Å². The molecule has 6 heteroatoms. The van der Waals surface area contributed by atoms with Crippen LogP contribution in [0.15, 0.2) is 18.5 Å². The first kappa shape index (κ1) is 13.4. The Morgan fingerprint density at radius 2 is 2.25 bits per heavy atom. The van der Waals surface area contributed by atoms with E-state index < -0.39 is 0 Å². The van der Waals surface area contributed by atoms with Crippen LogP contribution >= 0.6 is 11.6 Å². The standard InChI is InChI=1S/C14H17ClN4O/c1-9-13(8-17-11-3-4-11)14(19(2)18-9)20-12-5-10(15)6-16-7-12/h5-7,11,17H,3-4,8H2,1-2H3.